The summed E-state index contributed by atoms with van der Waals surface area (Å²) in [5, 5.41) is 24.3. The standard InChI is InChI=1S/C28H24F3N7O3.CH2O2/c1-17-23(25(39)41-3)24(22-8-7-18(15-32)13-19(22)9-10-36-12-11-35(2)16-36)38-26(33-34-27(38)40)37(17)21-6-4-5-20(14-21)28(29,30)31;2-1-3/h4-8,11-14,16,24H,9-10H2,1-3H3;1H,(H,2,3)/t24-;/m1./s1. The maximum atomic E-state index is 13.6. The number of aromatic amines is 1. The molecule has 0 unspecified atom stereocenters. The van der Waals surface area contributed by atoms with Crippen molar-refractivity contribution >= 4 is 24.1 Å². The minimum atomic E-state index is -4.61. The number of H-pyrrole nitrogens is 1. The molecule has 2 aromatic heterocycles. The molecule has 4 aromatic rings. The minimum Gasteiger partial charge on any atom is -0.554 e. The Labute approximate surface area is 248 Å². The van der Waals surface area contributed by atoms with E-state index in [0.29, 0.717) is 29.7 Å². The van der Waals surface area contributed by atoms with Crippen molar-refractivity contribution in [3.8, 4) is 6.07 Å². The molecular formula is C29H26F3N7O5. The molecule has 0 bridgehead atoms. The van der Waals surface area contributed by atoms with E-state index in [4.69, 9.17) is 14.6 Å². The van der Waals surface area contributed by atoms with Crippen LogP contribution < -0.4 is 20.3 Å². The van der Waals surface area contributed by atoms with Crippen LogP contribution in [-0.4, -0.2) is 38.9 Å². The van der Waals surface area contributed by atoms with Gasteiger partial charge in [0.1, 0.15) is 18.4 Å². The van der Waals surface area contributed by atoms with Crippen LogP contribution in [0.5, 0.6) is 0 Å². The van der Waals surface area contributed by atoms with Gasteiger partial charge in [-0.25, -0.2) is 28.4 Å². The molecule has 1 aliphatic rings. The number of nitriles is 1. The molecule has 0 fully saturated rings. The molecule has 1 atom stereocenters. The van der Waals surface area contributed by atoms with Crippen molar-refractivity contribution in [1.82, 2.24) is 19.3 Å². The highest BCUT2D eigenvalue weighted by Crippen LogP contribution is 2.43. The summed E-state index contributed by atoms with van der Waals surface area (Å²) in [6, 6.07) is 10.6. The van der Waals surface area contributed by atoms with Gasteiger partial charge in [-0.3, -0.25) is 4.90 Å². The van der Waals surface area contributed by atoms with Gasteiger partial charge in [0.15, 0.2) is 0 Å². The van der Waals surface area contributed by atoms with Crippen molar-refractivity contribution in [3.63, 3.8) is 0 Å². The van der Waals surface area contributed by atoms with Crippen LogP contribution in [0.2, 0.25) is 0 Å². The number of anilines is 2. The van der Waals surface area contributed by atoms with Gasteiger partial charge in [0.25, 0.3) is 0 Å². The topological polar surface area (TPSA) is 153 Å². The van der Waals surface area contributed by atoms with E-state index >= 15 is 0 Å². The van der Waals surface area contributed by atoms with Crippen molar-refractivity contribution in [3.05, 3.63) is 105 Å². The largest absolute Gasteiger partial charge is 0.554 e. The van der Waals surface area contributed by atoms with Crippen LogP contribution in [0.25, 0.3) is 0 Å². The molecule has 5 rings (SSSR count). The van der Waals surface area contributed by atoms with Gasteiger partial charge in [0.2, 0.25) is 12.3 Å². The summed E-state index contributed by atoms with van der Waals surface area (Å²) in [5.74, 6) is -0.770. The predicted octanol–water partition coefficient (Wildman–Crippen LogP) is 1.88. The lowest BCUT2D eigenvalue weighted by molar-refractivity contribution is -0.695. The van der Waals surface area contributed by atoms with Gasteiger partial charge in [-0.05, 0) is 48.4 Å². The van der Waals surface area contributed by atoms with E-state index in [9.17, 15) is 28.0 Å². The normalized spacial score (nSPS) is 14.3. The number of aryl methyl sites for hydroxylation is 3. The number of imidazole rings is 1. The number of carboxylic acid groups (broad SMARTS) is 1. The Hall–Kier alpha value is -5.65. The van der Waals surface area contributed by atoms with Gasteiger partial charge >= 0.3 is 17.8 Å². The number of carbonyl (C=O) groups excluding carboxylic acids is 2. The van der Waals surface area contributed by atoms with Gasteiger partial charge in [-0.1, -0.05) is 12.1 Å². The second kappa shape index (κ2) is 12.7. The number of methoxy groups -OCH3 is 1. The number of alkyl halides is 3. The SMILES string of the molecule is COC(=O)C1=C(C)N(c2cccc(C(F)(F)F)c2)c2n[nH]c(=O)n2[C@@H]1c1ccc(C#N)cc1CC[n+]1ccn(C)c1.O=C[O-]. The molecule has 44 heavy (non-hydrogen) atoms. The Balaban J connectivity index is 0.00000141. The van der Waals surface area contributed by atoms with E-state index in [1.165, 1.54) is 28.7 Å². The lowest BCUT2D eigenvalue weighted by Crippen LogP contribution is -2.38. The highest BCUT2D eigenvalue weighted by molar-refractivity contribution is 5.93. The molecule has 0 radical (unpaired) electrons. The molecule has 2 aromatic carbocycles. The van der Waals surface area contributed by atoms with E-state index < -0.39 is 35.9 Å². The molecule has 0 aliphatic carbocycles. The number of fused-ring (bicyclic) bond motifs is 1. The lowest BCUT2D eigenvalue weighted by Gasteiger charge is -2.36. The van der Waals surface area contributed by atoms with Crippen molar-refractivity contribution < 1.29 is 37.2 Å². The first-order chi connectivity index (χ1) is 20.9. The molecule has 3 heterocycles. The summed E-state index contributed by atoms with van der Waals surface area (Å²) in [6.45, 7) is 1.60. The van der Waals surface area contributed by atoms with Crippen LogP contribution in [0.1, 0.15) is 35.2 Å². The van der Waals surface area contributed by atoms with E-state index in [2.05, 4.69) is 16.3 Å². The number of halogens is 3. The maximum Gasteiger partial charge on any atom is 0.416 e. The fourth-order valence-corrected chi connectivity index (χ4v) is 5.12. The molecule has 0 saturated carbocycles. The fraction of sp³-hybridized carbons (Fsp3) is 0.241. The zero-order valence-corrected chi connectivity index (χ0v) is 23.7. The molecule has 15 heteroatoms. The quantitative estimate of drug-likeness (QED) is 0.198. The average Bonchev–Trinajstić information content (AvgIpc) is 3.59. The number of nitrogens with one attached hydrogen (secondary N) is 1. The van der Waals surface area contributed by atoms with E-state index in [0.717, 1.165) is 12.1 Å². The van der Waals surface area contributed by atoms with E-state index in [1.807, 2.05) is 34.9 Å². The van der Waals surface area contributed by atoms with Crippen LogP contribution in [0.4, 0.5) is 24.8 Å². The summed E-state index contributed by atoms with van der Waals surface area (Å²) in [7, 11) is 3.08. The summed E-state index contributed by atoms with van der Waals surface area (Å²) in [6.07, 6.45) is 1.50. The Morgan fingerprint density at radius 2 is 2.00 bits per heavy atom. The zero-order valence-electron chi connectivity index (χ0n) is 23.7. The van der Waals surface area contributed by atoms with Gasteiger partial charge in [0, 0.05) is 24.3 Å². The third kappa shape index (κ3) is 6.09. The first-order valence-electron chi connectivity index (χ1n) is 13.0. The number of benzene rings is 2. The molecule has 0 saturated heterocycles. The summed E-state index contributed by atoms with van der Waals surface area (Å²) >= 11 is 0. The number of hydrogen-bond acceptors (Lipinski definition) is 8. The van der Waals surface area contributed by atoms with Gasteiger partial charge in [-0.15, -0.1) is 5.10 Å². The highest BCUT2D eigenvalue weighted by Gasteiger charge is 2.41. The number of ether oxygens (including phenoxy) is 1. The van der Waals surface area contributed by atoms with E-state index in [1.54, 1.807) is 25.1 Å². The van der Waals surface area contributed by atoms with Crippen molar-refractivity contribution in [2.75, 3.05) is 12.0 Å². The Bertz CT molecular complexity index is 1830. The van der Waals surface area contributed by atoms with Crippen LogP contribution >= 0.6 is 0 Å². The van der Waals surface area contributed by atoms with Gasteiger partial charge in [0.05, 0.1) is 43.5 Å². The molecule has 1 N–H and O–H groups in total. The number of aromatic nitrogens is 5. The lowest BCUT2D eigenvalue weighted by atomic mass is 9.89. The van der Waals surface area contributed by atoms with Crippen LogP contribution in [0.15, 0.2) is 77.3 Å². The minimum absolute atomic E-state index is 0.00257. The van der Waals surface area contributed by atoms with Crippen molar-refractivity contribution in [2.24, 2.45) is 7.05 Å². The molecule has 0 spiro atoms. The Kier molecular flexibility index (Phi) is 9.03. The molecule has 12 nitrogen and oxygen atoms in total. The molecule has 0 amide bonds. The summed E-state index contributed by atoms with van der Waals surface area (Å²) in [5.41, 5.74) is 0.395. The summed E-state index contributed by atoms with van der Waals surface area (Å²) < 4.78 is 50.9. The molecular weight excluding hydrogens is 583 g/mol. The fourth-order valence-electron chi connectivity index (χ4n) is 5.12. The predicted molar refractivity (Wildman–Crippen MR) is 146 cm³/mol. The number of nitrogens with zero attached hydrogens (tertiary/aromatic N) is 6. The highest BCUT2D eigenvalue weighted by atomic mass is 19.4. The molecule has 228 valence electrons. The number of esters is 1. The number of carbonyl (C=O) groups is 2. The van der Waals surface area contributed by atoms with Crippen LogP contribution in [0.3, 0.4) is 0 Å². The smallest absolute Gasteiger partial charge is 0.416 e. The van der Waals surface area contributed by atoms with Gasteiger partial charge in [-0.2, -0.15) is 18.4 Å². The van der Waals surface area contributed by atoms with Crippen molar-refractivity contribution in [2.45, 2.75) is 32.1 Å². The first-order valence-corrected chi connectivity index (χ1v) is 13.0. The number of hydrogen-bond donors (Lipinski definition) is 1. The number of allylic oxidation sites excluding steroid dienone is 1. The second-order valence-electron chi connectivity index (χ2n) is 9.66. The zero-order chi connectivity index (χ0) is 32.2. The molecule has 1 aliphatic heterocycles. The average molecular weight is 610 g/mol. The van der Waals surface area contributed by atoms with Crippen LogP contribution in [0, 0.1) is 11.3 Å². The second-order valence-corrected chi connectivity index (χ2v) is 9.66. The Morgan fingerprint density at radius 1 is 1.27 bits per heavy atom. The first kappa shape index (κ1) is 31.3. The van der Waals surface area contributed by atoms with Crippen LogP contribution in [-0.2, 0) is 40.5 Å². The van der Waals surface area contributed by atoms with Crippen molar-refractivity contribution in [1.29, 1.82) is 5.26 Å². The third-order valence-electron chi connectivity index (χ3n) is 7.01. The van der Waals surface area contributed by atoms with E-state index in [-0.39, 0.29) is 22.9 Å². The maximum absolute atomic E-state index is 13.6. The number of rotatable bonds is 6. The monoisotopic (exact) mass is 609 g/mol. The Morgan fingerprint density at radius 3 is 2.61 bits per heavy atom. The third-order valence-corrected chi connectivity index (χ3v) is 7.01. The van der Waals surface area contributed by atoms with Gasteiger partial charge < -0.3 is 14.6 Å². The summed E-state index contributed by atoms with van der Waals surface area (Å²) in [4.78, 5) is 36.1.